The fourth-order valence-corrected chi connectivity index (χ4v) is 4.15. The van der Waals surface area contributed by atoms with Crippen LogP contribution in [0.25, 0.3) is 11.1 Å². The van der Waals surface area contributed by atoms with Crippen LogP contribution in [0.15, 0.2) is 54.0 Å². The molecule has 0 spiro atoms. The average Bonchev–Trinajstić information content (AvgIpc) is 3.31. The van der Waals surface area contributed by atoms with Gasteiger partial charge in [-0.05, 0) is 37.8 Å². The second kappa shape index (κ2) is 9.42. The van der Waals surface area contributed by atoms with E-state index in [1.54, 1.807) is 17.3 Å². The van der Waals surface area contributed by atoms with Crippen LogP contribution >= 0.6 is 0 Å². The molecule has 1 fully saturated rings. The van der Waals surface area contributed by atoms with Crippen LogP contribution in [-0.2, 0) is 5.41 Å². The Morgan fingerprint density at radius 1 is 1.06 bits per heavy atom. The van der Waals surface area contributed by atoms with E-state index in [0.717, 1.165) is 40.6 Å². The Hall–Kier alpha value is -4.08. The highest BCUT2D eigenvalue weighted by Gasteiger charge is 2.43. The number of anilines is 1. The highest BCUT2D eigenvalue weighted by atomic mass is 16.2. The average molecular weight is 461 g/mol. The Morgan fingerprint density at radius 3 is 2.26 bits per heavy atom. The maximum Gasteiger partial charge on any atom is 0.344 e. The van der Waals surface area contributed by atoms with Gasteiger partial charge < -0.3 is 16.4 Å². The molecular weight excluding hydrogens is 432 g/mol. The summed E-state index contributed by atoms with van der Waals surface area (Å²) in [7, 11) is 0. The molecule has 3 aromatic rings. The van der Waals surface area contributed by atoms with Gasteiger partial charge in [-0.1, -0.05) is 30.7 Å². The fourth-order valence-electron chi connectivity index (χ4n) is 4.15. The summed E-state index contributed by atoms with van der Waals surface area (Å²) in [6, 6.07) is 7.66. The summed E-state index contributed by atoms with van der Waals surface area (Å²) >= 11 is 0. The summed E-state index contributed by atoms with van der Waals surface area (Å²) in [5.74, 6) is -0.0152. The number of aliphatic imine (C=N–C) groups is 1. The van der Waals surface area contributed by atoms with Gasteiger partial charge in [0.15, 0.2) is 0 Å². The van der Waals surface area contributed by atoms with Crippen molar-refractivity contribution in [2.24, 2.45) is 10.7 Å². The van der Waals surface area contributed by atoms with E-state index in [2.05, 4.69) is 20.1 Å². The SMILES string of the molecule is CCN(CC)C(=O)n1cc(C(=O)N=C(N)C2(c3ccc(-c4cnc(N)nc4)cc3)CCC2)cn1. The van der Waals surface area contributed by atoms with Crippen LogP contribution < -0.4 is 11.5 Å². The largest absolute Gasteiger partial charge is 0.386 e. The van der Waals surface area contributed by atoms with Crippen LogP contribution in [0.5, 0.6) is 0 Å². The number of amidine groups is 1. The molecule has 0 bridgehead atoms. The Balaban J connectivity index is 1.54. The predicted octanol–water partition coefficient (Wildman–Crippen LogP) is 2.85. The lowest BCUT2D eigenvalue weighted by Gasteiger charge is -2.41. The van der Waals surface area contributed by atoms with Crippen LogP contribution in [-0.4, -0.2) is 55.5 Å². The van der Waals surface area contributed by atoms with Crippen molar-refractivity contribution in [2.75, 3.05) is 18.8 Å². The molecule has 2 heterocycles. The molecule has 0 atom stereocenters. The van der Waals surface area contributed by atoms with Gasteiger partial charge in [0.25, 0.3) is 5.91 Å². The maximum atomic E-state index is 12.8. The molecule has 4 N–H and O–H groups in total. The lowest BCUT2D eigenvalue weighted by atomic mass is 9.63. The molecule has 1 aromatic carbocycles. The van der Waals surface area contributed by atoms with Crippen molar-refractivity contribution in [3.63, 3.8) is 0 Å². The minimum Gasteiger partial charge on any atom is -0.386 e. The smallest absolute Gasteiger partial charge is 0.344 e. The Labute approximate surface area is 197 Å². The van der Waals surface area contributed by atoms with Gasteiger partial charge in [-0.2, -0.15) is 14.8 Å². The first-order valence-corrected chi connectivity index (χ1v) is 11.3. The number of hydrogen-bond acceptors (Lipinski definition) is 6. The van der Waals surface area contributed by atoms with Gasteiger partial charge in [-0.25, -0.2) is 14.8 Å². The van der Waals surface area contributed by atoms with Gasteiger partial charge in [0.2, 0.25) is 5.95 Å². The lowest BCUT2D eigenvalue weighted by Crippen LogP contribution is -2.47. The quantitative estimate of drug-likeness (QED) is 0.425. The van der Waals surface area contributed by atoms with Crippen molar-refractivity contribution < 1.29 is 9.59 Å². The monoisotopic (exact) mass is 460 g/mol. The topological polar surface area (TPSA) is 145 Å². The molecule has 0 aliphatic heterocycles. The molecule has 0 unspecified atom stereocenters. The number of nitrogens with two attached hydrogens (primary N) is 2. The molecule has 0 radical (unpaired) electrons. The molecule has 10 heteroatoms. The summed E-state index contributed by atoms with van der Waals surface area (Å²) in [6.07, 6.45) is 8.70. The zero-order valence-electron chi connectivity index (χ0n) is 19.3. The molecule has 176 valence electrons. The predicted molar refractivity (Wildman–Crippen MR) is 129 cm³/mol. The zero-order valence-corrected chi connectivity index (χ0v) is 19.3. The second-order valence-electron chi connectivity index (χ2n) is 8.27. The molecule has 10 nitrogen and oxygen atoms in total. The van der Waals surface area contributed by atoms with E-state index < -0.39 is 11.3 Å². The number of aromatic nitrogens is 4. The molecule has 4 rings (SSSR count). The highest BCUT2D eigenvalue weighted by Crippen LogP contribution is 2.44. The Kier molecular flexibility index (Phi) is 6.40. The number of hydrogen-bond donors (Lipinski definition) is 2. The second-order valence-corrected chi connectivity index (χ2v) is 8.27. The number of benzene rings is 1. The van der Waals surface area contributed by atoms with Gasteiger partial charge in [-0.15, -0.1) is 0 Å². The van der Waals surface area contributed by atoms with Crippen molar-refractivity contribution >= 4 is 23.7 Å². The van der Waals surface area contributed by atoms with Crippen molar-refractivity contribution in [2.45, 2.75) is 38.5 Å². The Morgan fingerprint density at radius 2 is 1.71 bits per heavy atom. The lowest BCUT2D eigenvalue weighted by molar-refractivity contribution is 0.100. The van der Waals surface area contributed by atoms with Crippen molar-refractivity contribution in [3.05, 3.63) is 60.2 Å². The standard InChI is InChI=1S/C24H28N8O2/c1-3-31(4-2)23(34)32-15-18(14-29-32)20(33)30-21(25)24(10-5-11-24)19-8-6-16(7-9-19)17-12-27-22(26)28-13-17/h6-9,12-15H,3-5,10-11H2,1-2H3,(H2,25,30,33)(H2,26,27,28). The fraction of sp³-hybridized carbons (Fsp3) is 0.333. The highest BCUT2D eigenvalue weighted by molar-refractivity contribution is 6.06. The van der Waals surface area contributed by atoms with E-state index >= 15 is 0 Å². The summed E-state index contributed by atoms with van der Waals surface area (Å²) in [5.41, 5.74) is 14.5. The number of amides is 2. The molecule has 2 amide bonds. The summed E-state index contributed by atoms with van der Waals surface area (Å²) in [4.78, 5) is 39.2. The van der Waals surface area contributed by atoms with Gasteiger partial charge >= 0.3 is 6.03 Å². The number of nitrogens with zero attached hydrogens (tertiary/aromatic N) is 6. The summed E-state index contributed by atoms with van der Waals surface area (Å²) in [5, 5.41) is 4.04. The first kappa shape index (κ1) is 23.1. The van der Waals surface area contributed by atoms with Gasteiger partial charge in [0.1, 0.15) is 5.84 Å². The first-order chi connectivity index (χ1) is 16.4. The van der Waals surface area contributed by atoms with Crippen LogP contribution in [0.2, 0.25) is 0 Å². The van der Waals surface area contributed by atoms with Crippen LogP contribution in [0.4, 0.5) is 10.7 Å². The molecule has 1 saturated carbocycles. The number of carbonyl (C=O) groups is 2. The summed E-state index contributed by atoms with van der Waals surface area (Å²) < 4.78 is 1.16. The van der Waals surface area contributed by atoms with E-state index in [-0.39, 0.29) is 23.4 Å². The number of rotatable bonds is 6. The molecule has 34 heavy (non-hydrogen) atoms. The minimum atomic E-state index is -0.516. The van der Waals surface area contributed by atoms with Crippen molar-refractivity contribution in [1.29, 1.82) is 0 Å². The minimum absolute atomic E-state index is 0.219. The van der Waals surface area contributed by atoms with E-state index in [9.17, 15) is 9.59 Å². The zero-order chi connectivity index (χ0) is 24.3. The third kappa shape index (κ3) is 4.26. The third-order valence-corrected chi connectivity index (χ3v) is 6.42. The molecule has 1 aliphatic carbocycles. The van der Waals surface area contributed by atoms with Gasteiger partial charge in [-0.3, -0.25) is 4.79 Å². The van der Waals surface area contributed by atoms with Crippen LogP contribution in [0.1, 0.15) is 49.0 Å². The van der Waals surface area contributed by atoms with Gasteiger partial charge in [0.05, 0.1) is 17.2 Å². The van der Waals surface area contributed by atoms with E-state index in [1.165, 1.54) is 12.4 Å². The maximum absolute atomic E-state index is 12.8. The van der Waals surface area contributed by atoms with Crippen molar-refractivity contribution in [3.8, 4) is 11.1 Å². The van der Waals surface area contributed by atoms with Gasteiger partial charge in [0, 0.05) is 37.2 Å². The third-order valence-electron chi connectivity index (χ3n) is 6.42. The molecular formula is C24H28N8O2. The number of carbonyl (C=O) groups excluding carboxylic acids is 2. The molecule has 2 aromatic heterocycles. The van der Waals surface area contributed by atoms with E-state index in [1.807, 2.05) is 38.1 Å². The van der Waals surface area contributed by atoms with Crippen molar-refractivity contribution in [1.82, 2.24) is 24.6 Å². The molecule has 1 aliphatic rings. The molecule has 0 saturated heterocycles. The first-order valence-electron chi connectivity index (χ1n) is 11.3. The normalized spacial score (nSPS) is 14.9. The van der Waals surface area contributed by atoms with Crippen LogP contribution in [0.3, 0.4) is 0 Å². The van der Waals surface area contributed by atoms with Crippen LogP contribution in [0, 0.1) is 0 Å². The summed E-state index contributed by atoms with van der Waals surface area (Å²) in [6.45, 7) is 4.87. The van der Waals surface area contributed by atoms with E-state index in [4.69, 9.17) is 11.5 Å². The number of nitrogen functional groups attached to an aromatic ring is 1. The van der Waals surface area contributed by atoms with E-state index in [0.29, 0.717) is 13.1 Å². The Bertz CT molecular complexity index is 1210.